The van der Waals surface area contributed by atoms with Gasteiger partial charge in [-0.05, 0) is 6.26 Å². The second-order valence-electron chi connectivity index (χ2n) is 2.70. The molecule has 0 spiro atoms. The molecular formula is C8H15N3S. The topological polar surface area (TPSA) is 29.9 Å². The molecule has 0 aliphatic carbocycles. The van der Waals surface area contributed by atoms with Gasteiger partial charge in [-0.1, -0.05) is 6.92 Å². The molecule has 1 heterocycles. The molecule has 4 heteroatoms. The van der Waals surface area contributed by atoms with Crippen molar-refractivity contribution in [3.05, 3.63) is 12.4 Å². The fraction of sp³-hybridized carbons (Fsp3) is 0.625. The molecule has 1 N–H and O–H groups in total. The number of nitrogens with zero attached hydrogens (tertiary/aromatic N) is 2. The molecule has 3 nitrogen and oxygen atoms in total. The summed E-state index contributed by atoms with van der Waals surface area (Å²) >= 11 is 1.87. The first-order chi connectivity index (χ1) is 5.77. The first-order valence-electron chi connectivity index (χ1n) is 3.99. The van der Waals surface area contributed by atoms with E-state index in [0.717, 1.165) is 12.5 Å². The van der Waals surface area contributed by atoms with Gasteiger partial charge in [0.25, 0.3) is 0 Å². The molecule has 0 aliphatic rings. The highest BCUT2D eigenvalue weighted by Crippen LogP contribution is 2.11. The Morgan fingerprint density at radius 2 is 2.50 bits per heavy atom. The van der Waals surface area contributed by atoms with Crippen molar-refractivity contribution in [2.75, 3.05) is 18.6 Å². The van der Waals surface area contributed by atoms with E-state index in [1.165, 1.54) is 0 Å². The van der Waals surface area contributed by atoms with E-state index in [0.29, 0.717) is 5.25 Å². The standard InChI is InChI=1S/C8H15N3S/c1-7(12-3)6-11-5-4-10-8(11)9-2/h4-5,7H,6H2,1-3H3,(H,9,10). The van der Waals surface area contributed by atoms with E-state index in [2.05, 4.69) is 28.0 Å². The molecule has 1 rings (SSSR count). The van der Waals surface area contributed by atoms with Crippen LogP contribution in [0.2, 0.25) is 0 Å². The van der Waals surface area contributed by atoms with Crippen molar-refractivity contribution >= 4 is 17.7 Å². The van der Waals surface area contributed by atoms with Crippen LogP contribution in [0, 0.1) is 0 Å². The van der Waals surface area contributed by atoms with E-state index in [1.807, 2.05) is 31.2 Å². The van der Waals surface area contributed by atoms with Gasteiger partial charge in [0.05, 0.1) is 0 Å². The fourth-order valence-electron chi connectivity index (χ4n) is 1.04. The molecule has 0 aromatic carbocycles. The zero-order valence-corrected chi connectivity index (χ0v) is 8.56. The van der Waals surface area contributed by atoms with Crippen LogP contribution in [0.25, 0.3) is 0 Å². The van der Waals surface area contributed by atoms with Crippen LogP contribution >= 0.6 is 11.8 Å². The van der Waals surface area contributed by atoms with Crippen LogP contribution in [-0.4, -0.2) is 28.1 Å². The first-order valence-corrected chi connectivity index (χ1v) is 5.28. The third-order valence-electron chi connectivity index (χ3n) is 1.80. The Bertz CT molecular complexity index is 234. The Balaban J connectivity index is 2.61. The van der Waals surface area contributed by atoms with Crippen LogP contribution in [0.3, 0.4) is 0 Å². The highest BCUT2D eigenvalue weighted by molar-refractivity contribution is 7.99. The highest BCUT2D eigenvalue weighted by Gasteiger charge is 2.03. The number of hydrogen-bond acceptors (Lipinski definition) is 3. The monoisotopic (exact) mass is 185 g/mol. The molecule has 0 aliphatic heterocycles. The minimum absolute atomic E-state index is 0.631. The molecule has 1 atom stereocenters. The molecule has 1 aromatic heterocycles. The van der Waals surface area contributed by atoms with Crippen LogP contribution in [0.4, 0.5) is 5.95 Å². The summed E-state index contributed by atoms with van der Waals surface area (Å²) in [4.78, 5) is 4.16. The minimum atomic E-state index is 0.631. The van der Waals surface area contributed by atoms with Gasteiger partial charge < -0.3 is 9.88 Å². The second-order valence-corrected chi connectivity index (χ2v) is 3.98. The molecule has 0 bridgehead atoms. The van der Waals surface area contributed by atoms with Crippen molar-refractivity contribution in [2.24, 2.45) is 0 Å². The first kappa shape index (κ1) is 9.45. The van der Waals surface area contributed by atoms with E-state index in [4.69, 9.17) is 0 Å². The normalized spacial score (nSPS) is 12.9. The van der Waals surface area contributed by atoms with Gasteiger partial charge in [0.2, 0.25) is 5.95 Å². The Hall–Kier alpha value is -0.640. The van der Waals surface area contributed by atoms with Gasteiger partial charge in [-0.3, -0.25) is 0 Å². The zero-order valence-electron chi connectivity index (χ0n) is 7.74. The summed E-state index contributed by atoms with van der Waals surface area (Å²) in [5, 5.41) is 3.68. The predicted octanol–water partition coefficient (Wildman–Crippen LogP) is 1.68. The largest absolute Gasteiger partial charge is 0.359 e. The third kappa shape index (κ3) is 2.17. The van der Waals surface area contributed by atoms with Gasteiger partial charge in [0, 0.05) is 31.2 Å². The SMILES string of the molecule is CNc1nccn1CC(C)SC. The van der Waals surface area contributed by atoms with Crippen LogP contribution in [0.15, 0.2) is 12.4 Å². The highest BCUT2D eigenvalue weighted by atomic mass is 32.2. The number of nitrogens with one attached hydrogen (secondary N) is 1. The van der Waals surface area contributed by atoms with Gasteiger partial charge in [0.1, 0.15) is 0 Å². The van der Waals surface area contributed by atoms with Gasteiger partial charge in [-0.25, -0.2) is 4.98 Å². The number of aromatic nitrogens is 2. The average molecular weight is 185 g/mol. The smallest absolute Gasteiger partial charge is 0.202 e. The van der Waals surface area contributed by atoms with Gasteiger partial charge in [-0.2, -0.15) is 11.8 Å². The Kier molecular flexibility index (Phi) is 3.47. The molecule has 12 heavy (non-hydrogen) atoms. The zero-order chi connectivity index (χ0) is 8.97. The Morgan fingerprint density at radius 1 is 1.75 bits per heavy atom. The molecule has 0 saturated carbocycles. The molecule has 0 radical (unpaired) electrons. The van der Waals surface area contributed by atoms with Crippen molar-refractivity contribution < 1.29 is 0 Å². The van der Waals surface area contributed by atoms with Gasteiger partial charge >= 0.3 is 0 Å². The minimum Gasteiger partial charge on any atom is -0.359 e. The number of rotatable bonds is 4. The molecule has 0 fully saturated rings. The molecule has 0 amide bonds. The third-order valence-corrected chi connectivity index (χ3v) is 2.75. The van der Waals surface area contributed by atoms with E-state index in [9.17, 15) is 0 Å². The van der Waals surface area contributed by atoms with Gasteiger partial charge in [0.15, 0.2) is 0 Å². The number of thioether (sulfide) groups is 1. The average Bonchev–Trinajstić information content (AvgIpc) is 2.51. The molecular weight excluding hydrogens is 170 g/mol. The number of anilines is 1. The van der Waals surface area contributed by atoms with Gasteiger partial charge in [-0.15, -0.1) is 0 Å². The fourth-order valence-corrected chi connectivity index (χ4v) is 1.35. The van der Waals surface area contributed by atoms with Crippen LogP contribution in [-0.2, 0) is 6.54 Å². The van der Waals surface area contributed by atoms with Crippen molar-refractivity contribution in [3.8, 4) is 0 Å². The van der Waals surface area contributed by atoms with Crippen LogP contribution in [0.5, 0.6) is 0 Å². The second kappa shape index (κ2) is 4.40. The predicted molar refractivity (Wildman–Crippen MR) is 54.8 cm³/mol. The number of imidazole rings is 1. The summed E-state index contributed by atoms with van der Waals surface area (Å²) in [6, 6.07) is 0. The Labute approximate surface area is 77.6 Å². The lowest BCUT2D eigenvalue weighted by Crippen LogP contribution is -2.10. The van der Waals surface area contributed by atoms with E-state index in [1.54, 1.807) is 0 Å². The molecule has 0 saturated heterocycles. The summed E-state index contributed by atoms with van der Waals surface area (Å²) in [5.74, 6) is 0.941. The summed E-state index contributed by atoms with van der Waals surface area (Å²) in [7, 11) is 1.89. The molecule has 1 aromatic rings. The van der Waals surface area contributed by atoms with E-state index < -0.39 is 0 Å². The lowest BCUT2D eigenvalue weighted by molar-refractivity contribution is 0.699. The maximum atomic E-state index is 4.16. The van der Waals surface area contributed by atoms with Crippen molar-refractivity contribution in [1.82, 2.24) is 9.55 Å². The maximum absolute atomic E-state index is 4.16. The van der Waals surface area contributed by atoms with Crippen molar-refractivity contribution in [3.63, 3.8) is 0 Å². The van der Waals surface area contributed by atoms with E-state index >= 15 is 0 Å². The van der Waals surface area contributed by atoms with Crippen LogP contribution < -0.4 is 5.32 Å². The summed E-state index contributed by atoms with van der Waals surface area (Å²) in [5.41, 5.74) is 0. The molecule has 1 unspecified atom stereocenters. The Morgan fingerprint density at radius 3 is 3.08 bits per heavy atom. The van der Waals surface area contributed by atoms with Crippen LogP contribution in [0.1, 0.15) is 6.92 Å². The number of hydrogen-bond donors (Lipinski definition) is 1. The van der Waals surface area contributed by atoms with Crippen molar-refractivity contribution in [2.45, 2.75) is 18.7 Å². The quantitative estimate of drug-likeness (QED) is 0.774. The summed E-state index contributed by atoms with van der Waals surface area (Å²) in [6.07, 6.45) is 5.94. The lowest BCUT2D eigenvalue weighted by atomic mass is 10.5. The van der Waals surface area contributed by atoms with E-state index in [-0.39, 0.29) is 0 Å². The maximum Gasteiger partial charge on any atom is 0.202 e. The summed E-state index contributed by atoms with van der Waals surface area (Å²) < 4.78 is 2.13. The lowest BCUT2D eigenvalue weighted by Gasteiger charge is -2.11. The summed E-state index contributed by atoms with van der Waals surface area (Å²) in [6.45, 7) is 3.22. The van der Waals surface area contributed by atoms with Crippen molar-refractivity contribution in [1.29, 1.82) is 0 Å². The molecule has 68 valence electrons.